The third kappa shape index (κ3) is 5.90. The Balaban J connectivity index is 5.11. The number of hydrogen-bond acceptors (Lipinski definition) is 3. The van der Waals surface area contributed by atoms with E-state index in [0.717, 1.165) is 6.42 Å². The first-order chi connectivity index (χ1) is 9.24. The molecule has 20 heavy (non-hydrogen) atoms. The van der Waals surface area contributed by atoms with Gasteiger partial charge in [0.05, 0.1) is 18.6 Å². The first-order valence-electron chi connectivity index (χ1n) is 7.24. The molecule has 0 aromatic heterocycles. The Bertz CT molecular complexity index is 317. The fraction of sp³-hybridized carbons (Fsp3) is 0.867. The maximum absolute atomic E-state index is 12.2. The van der Waals surface area contributed by atoms with E-state index < -0.39 is 12.1 Å². The van der Waals surface area contributed by atoms with Crippen molar-refractivity contribution in [3.63, 3.8) is 0 Å². The number of carbonyl (C=O) groups excluding carboxylic acids is 1. The second kappa shape index (κ2) is 8.95. The van der Waals surface area contributed by atoms with Crippen LogP contribution in [0.2, 0.25) is 0 Å². The molecule has 0 aliphatic carbocycles. The van der Waals surface area contributed by atoms with E-state index in [9.17, 15) is 9.59 Å². The number of nitrogens with zero attached hydrogens (tertiary/aromatic N) is 1. The molecule has 0 radical (unpaired) electrons. The predicted octanol–water partition coefficient (Wildman–Crippen LogP) is 2.40. The van der Waals surface area contributed by atoms with Crippen molar-refractivity contribution in [2.24, 2.45) is 11.8 Å². The summed E-state index contributed by atoms with van der Waals surface area (Å²) in [5, 5.41) is 9.00. The summed E-state index contributed by atoms with van der Waals surface area (Å²) in [4.78, 5) is 24.9. The minimum absolute atomic E-state index is 0.0396. The Hall–Kier alpha value is -1.10. The van der Waals surface area contributed by atoms with Gasteiger partial charge in [-0.1, -0.05) is 34.1 Å². The third-order valence-corrected chi connectivity index (χ3v) is 3.71. The number of likely N-dealkylation sites (N-methyl/N-ethyl adjacent to an activating group) is 1. The van der Waals surface area contributed by atoms with Crippen molar-refractivity contribution in [1.82, 2.24) is 4.90 Å². The molecule has 0 rings (SSSR count). The van der Waals surface area contributed by atoms with Crippen LogP contribution in [0.4, 0.5) is 0 Å². The summed E-state index contributed by atoms with van der Waals surface area (Å²) in [5.41, 5.74) is 0. The molecule has 5 nitrogen and oxygen atoms in total. The van der Waals surface area contributed by atoms with Crippen molar-refractivity contribution in [2.75, 3.05) is 14.2 Å². The molecule has 0 heterocycles. The fourth-order valence-electron chi connectivity index (χ4n) is 2.41. The van der Waals surface area contributed by atoms with Gasteiger partial charge in [-0.15, -0.1) is 0 Å². The largest absolute Gasteiger partial charge is 0.481 e. The Kier molecular flexibility index (Phi) is 8.46. The topological polar surface area (TPSA) is 66.8 Å². The summed E-state index contributed by atoms with van der Waals surface area (Å²) >= 11 is 0. The number of aliphatic carboxylic acids is 1. The van der Waals surface area contributed by atoms with Crippen LogP contribution in [0.5, 0.6) is 0 Å². The molecule has 0 spiro atoms. The average molecular weight is 287 g/mol. The van der Waals surface area contributed by atoms with Gasteiger partial charge in [-0.05, 0) is 11.8 Å². The second-order valence-corrected chi connectivity index (χ2v) is 5.85. The maximum Gasteiger partial charge on any atom is 0.306 e. The van der Waals surface area contributed by atoms with Gasteiger partial charge >= 0.3 is 5.97 Å². The molecule has 5 heteroatoms. The van der Waals surface area contributed by atoms with Crippen LogP contribution in [0.15, 0.2) is 0 Å². The highest BCUT2D eigenvalue weighted by atomic mass is 16.5. The minimum Gasteiger partial charge on any atom is -0.481 e. The average Bonchev–Trinajstić information content (AvgIpc) is 2.35. The zero-order valence-electron chi connectivity index (χ0n) is 13.5. The van der Waals surface area contributed by atoms with Crippen LogP contribution in [-0.2, 0) is 14.3 Å². The lowest BCUT2D eigenvalue weighted by molar-refractivity contribution is -0.146. The van der Waals surface area contributed by atoms with Gasteiger partial charge < -0.3 is 14.7 Å². The minimum atomic E-state index is -0.908. The molecule has 3 unspecified atom stereocenters. The molecule has 118 valence electrons. The molecule has 1 amide bonds. The third-order valence-electron chi connectivity index (χ3n) is 3.71. The zero-order valence-corrected chi connectivity index (χ0v) is 13.5. The summed E-state index contributed by atoms with van der Waals surface area (Å²) in [7, 11) is 3.25. The summed E-state index contributed by atoms with van der Waals surface area (Å²) < 4.78 is 5.35. The molecule has 0 saturated carbocycles. The number of carboxylic acid groups (broad SMARTS) is 1. The van der Waals surface area contributed by atoms with Gasteiger partial charge in [-0.25, -0.2) is 0 Å². The van der Waals surface area contributed by atoms with Gasteiger partial charge in [0.1, 0.15) is 0 Å². The molecule has 0 aliphatic rings. The highest BCUT2D eigenvalue weighted by Gasteiger charge is 2.33. The standard InChI is InChI=1S/C15H29NO4/c1-7-11(4)15(12(20-6)9-14(18)19)16(5)13(17)8-10(2)3/h10-12,15H,7-9H2,1-6H3,(H,18,19). The van der Waals surface area contributed by atoms with E-state index in [1.807, 2.05) is 27.7 Å². The quantitative estimate of drug-likeness (QED) is 0.707. The van der Waals surface area contributed by atoms with Crippen LogP contribution in [0, 0.1) is 11.8 Å². The molecule has 0 bridgehead atoms. The van der Waals surface area contributed by atoms with Crippen molar-refractivity contribution in [2.45, 2.75) is 59.1 Å². The van der Waals surface area contributed by atoms with Crippen LogP contribution in [-0.4, -0.2) is 48.2 Å². The van der Waals surface area contributed by atoms with E-state index in [4.69, 9.17) is 9.84 Å². The Morgan fingerprint density at radius 1 is 1.20 bits per heavy atom. The smallest absolute Gasteiger partial charge is 0.306 e. The molecule has 0 saturated heterocycles. The van der Waals surface area contributed by atoms with Crippen LogP contribution in [0.3, 0.4) is 0 Å². The number of hydrogen-bond donors (Lipinski definition) is 1. The Labute approximate surface area is 122 Å². The monoisotopic (exact) mass is 287 g/mol. The van der Waals surface area contributed by atoms with E-state index in [0.29, 0.717) is 6.42 Å². The van der Waals surface area contributed by atoms with Crippen molar-refractivity contribution in [1.29, 1.82) is 0 Å². The van der Waals surface area contributed by atoms with Gasteiger partial charge in [-0.2, -0.15) is 0 Å². The molecule has 3 atom stereocenters. The van der Waals surface area contributed by atoms with Crippen LogP contribution in [0.1, 0.15) is 47.0 Å². The van der Waals surface area contributed by atoms with Gasteiger partial charge in [0.25, 0.3) is 0 Å². The lowest BCUT2D eigenvalue weighted by Crippen LogP contribution is -2.50. The SMILES string of the molecule is CCC(C)C(C(CC(=O)O)OC)N(C)C(=O)CC(C)C. The number of rotatable bonds is 9. The number of amides is 1. The zero-order chi connectivity index (χ0) is 15.9. The maximum atomic E-state index is 12.2. The summed E-state index contributed by atoms with van der Waals surface area (Å²) in [5.74, 6) is -0.406. The molecule has 0 aromatic carbocycles. The van der Waals surface area contributed by atoms with Crippen LogP contribution < -0.4 is 0 Å². The molecule has 1 N–H and O–H groups in total. The van der Waals surface area contributed by atoms with Crippen LogP contribution >= 0.6 is 0 Å². The molecule has 0 fully saturated rings. The molecule has 0 aliphatic heterocycles. The van der Waals surface area contributed by atoms with Gasteiger partial charge in [0.15, 0.2) is 0 Å². The van der Waals surface area contributed by atoms with Gasteiger partial charge in [0.2, 0.25) is 5.91 Å². The van der Waals surface area contributed by atoms with Crippen molar-refractivity contribution >= 4 is 11.9 Å². The number of ether oxygens (including phenoxy) is 1. The Morgan fingerprint density at radius 2 is 1.75 bits per heavy atom. The van der Waals surface area contributed by atoms with E-state index in [2.05, 4.69) is 0 Å². The number of carbonyl (C=O) groups is 2. The van der Waals surface area contributed by atoms with Gasteiger partial charge in [-0.3, -0.25) is 9.59 Å². The van der Waals surface area contributed by atoms with E-state index >= 15 is 0 Å². The molecule has 0 aromatic rings. The van der Waals surface area contributed by atoms with Crippen molar-refractivity contribution < 1.29 is 19.4 Å². The normalized spacial score (nSPS) is 15.8. The highest BCUT2D eigenvalue weighted by Crippen LogP contribution is 2.22. The van der Waals surface area contributed by atoms with Gasteiger partial charge in [0, 0.05) is 20.6 Å². The lowest BCUT2D eigenvalue weighted by Gasteiger charge is -2.37. The first-order valence-corrected chi connectivity index (χ1v) is 7.24. The van der Waals surface area contributed by atoms with E-state index in [1.54, 1.807) is 11.9 Å². The molecular formula is C15H29NO4. The molecular weight excluding hydrogens is 258 g/mol. The number of carboxylic acids is 1. The van der Waals surface area contributed by atoms with E-state index in [-0.39, 0.29) is 30.2 Å². The van der Waals surface area contributed by atoms with E-state index in [1.165, 1.54) is 7.11 Å². The van der Waals surface area contributed by atoms with Crippen molar-refractivity contribution in [3.8, 4) is 0 Å². The number of methoxy groups -OCH3 is 1. The summed E-state index contributed by atoms with van der Waals surface area (Å²) in [6.45, 7) is 8.05. The van der Waals surface area contributed by atoms with Crippen LogP contribution in [0.25, 0.3) is 0 Å². The highest BCUT2D eigenvalue weighted by molar-refractivity contribution is 5.76. The predicted molar refractivity (Wildman–Crippen MR) is 78.5 cm³/mol. The summed E-state index contributed by atoms with van der Waals surface area (Å²) in [6.07, 6.45) is 0.754. The Morgan fingerprint density at radius 3 is 2.10 bits per heavy atom. The first kappa shape index (κ1) is 18.9. The lowest BCUT2D eigenvalue weighted by atomic mass is 9.90. The summed E-state index contributed by atoms with van der Waals surface area (Å²) in [6, 6.07) is -0.215. The van der Waals surface area contributed by atoms with Crippen molar-refractivity contribution in [3.05, 3.63) is 0 Å². The second-order valence-electron chi connectivity index (χ2n) is 5.85. The fourth-order valence-corrected chi connectivity index (χ4v) is 2.41.